The van der Waals surface area contributed by atoms with E-state index in [1.54, 1.807) is 11.0 Å². The van der Waals surface area contributed by atoms with E-state index in [2.05, 4.69) is 17.0 Å². The van der Waals surface area contributed by atoms with Gasteiger partial charge in [0.2, 0.25) is 0 Å². The highest BCUT2D eigenvalue weighted by Crippen LogP contribution is 2.46. The third kappa shape index (κ3) is 2.91. The van der Waals surface area contributed by atoms with Crippen LogP contribution in [0.1, 0.15) is 25.3 Å². The fourth-order valence-corrected chi connectivity index (χ4v) is 3.13. The molecule has 2 unspecified atom stereocenters. The smallest absolute Gasteiger partial charge is 0.195 e. The van der Waals surface area contributed by atoms with Crippen LogP contribution in [0, 0.1) is 16.6 Å². The van der Waals surface area contributed by atoms with E-state index in [-0.39, 0.29) is 5.92 Å². The fraction of sp³-hybridized carbons (Fsp3) is 0.467. The fourth-order valence-electron chi connectivity index (χ4n) is 2.84. The maximum Gasteiger partial charge on any atom is 0.195 e. The number of rotatable bonds is 5. The molecule has 1 aliphatic rings. The van der Waals surface area contributed by atoms with Crippen LogP contribution in [0.3, 0.4) is 0 Å². The van der Waals surface area contributed by atoms with Gasteiger partial charge in [-0.25, -0.2) is 4.68 Å². The summed E-state index contributed by atoms with van der Waals surface area (Å²) in [5.74, 6) is 0.691. The van der Waals surface area contributed by atoms with E-state index in [1.165, 1.54) is 12.8 Å². The summed E-state index contributed by atoms with van der Waals surface area (Å²) in [6.45, 7) is 2.44. The largest absolute Gasteiger partial charge is 0.383 e. The zero-order chi connectivity index (χ0) is 15.0. The van der Waals surface area contributed by atoms with Crippen molar-refractivity contribution >= 4 is 23.8 Å². The SMILES string of the molecule is CC(C1CC1)C(O)(Cn1nc[nH]c1=S)c1ccc(Cl)cc1. The van der Waals surface area contributed by atoms with Crippen LogP contribution in [-0.4, -0.2) is 19.9 Å². The lowest BCUT2D eigenvalue weighted by molar-refractivity contribution is -0.0445. The monoisotopic (exact) mass is 323 g/mol. The second-order valence-corrected chi connectivity index (χ2v) is 6.63. The first-order valence-electron chi connectivity index (χ1n) is 7.09. The van der Waals surface area contributed by atoms with Crippen LogP contribution in [-0.2, 0) is 12.1 Å². The number of H-pyrrole nitrogens is 1. The molecule has 0 radical (unpaired) electrons. The zero-order valence-corrected chi connectivity index (χ0v) is 13.4. The number of aromatic amines is 1. The summed E-state index contributed by atoms with van der Waals surface area (Å²) < 4.78 is 2.16. The van der Waals surface area contributed by atoms with Crippen LogP contribution in [0.4, 0.5) is 0 Å². The van der Waals surface area contributed by atoms with Crippen molar-refractivity contribution in [3.8, 4) is 0 Å². The maximum absolute atomic E-state index is 11.4. The number of hydrogen-bond acceptors (Lipinski definition) is 3. The van der Waals surface area contributed by atoms with Gasteiger partial charge >= 0.3 is 0 Å². The molecule has 1 aromatic heterocycles. The van der Waals surface area contributed by atoms with E-state index in [9.17, 15) is 5.11 Å². The Kier molecular flexibility index (Phi) is 3.90. The molecule has 0 aliphatic heterocycles. The number of halogens is 1. The molecule has 2 aromatic rings. The molecule has 3 rings (SSSR count). The van der Waals surface area contributed by atoms with Crippen molar-refractivity contribution < 1.29 is 5.11 Å². The second-order valence-electron chi connectivity index (χ2n) is 5.81. The molecule has 0 saturated heterocycles. The molecule has 1 heterocycles. The van der Waals surface area contributed by atoms with Crippen LogP contribution in [0.2, 0.25) is 5.02 Å². The molecule has 21 heavy (non-hydrogen) atoms. The third-order valence-electron chi connectivity index (χ3n) is 4.44. The van der Waals surface area contributed by atoms with Crippen molar-refractivity contribution in [2.75, 3.05) is 0 Å². The van der Waals surface area contributed by atoms with E-state index in [0.717, 1.165) is 5.56 Å². The first-order chi connectivity index (χ1) is 10.0. The van der Waals surface area contributed by atoms with Gasteiger partial charge in [-0.05, 0) is 54.6 Å². The molecule has 6 heteroatoms. The van der Waals surface area contributed by atoms with E-state index < -0.39 is 5.60 Å². The predicted molar refractivity (Wildman–Crippen MR) is 84.6 cm³/mol. The topological polar surface area (TPSA) is 53.8 Å². The molecular formula is C15H18ClN3OS. The van der Waals surface area contributed by atoms with Crippen molar-refractivity contribution in [1.29, 1.82) is 0 Å². The molecule has 112 valence electrons. The highest BCUT2D eigenvalue weighted by molar-refractivity contribution is 7.71. The minimum Gasteiger partial charge on any atom is -0.383 e. The highest BCUT2D eigenvalue weighted by Gasteiger charge is 2.44. The predicted octanol–water partition coefficient (Wildman–Crippen LogP) is 3.53. The molecule has 0 bridgehead atoms. The average molecular weight is 324 g/mol. The summed E-state index contributed by atoms with van der Waals surface area (Å²) >= 11 is 11.2. The van der Waals surface area contributed by atoms with Gasteiger partial charge in [0.25, 0.3) is 0 Å². The van der Waals surface area contributed by atoms with E-state index in [0.29, 0.717) is 22.3 Å². The Morgan fingerprint density at radius 1 is 1.48 bits per heavy atom. The van der Waals surface area contributed by atoms with E-state index in [4.69, 9.17) is 23.8 Å². The van der Waals surface area contributed by atoms with Crippen molar-refractivity contribution in [2.45, 2.75) is 31.9 Å². The van der Waals surface area contributed by atoms with Crippen LogP contribution in [0.15, 0.2) is 30.6 Å². The van der Waals surface area contributed by atoms with Crippen LogP contribution >= 0.6 is 23.8 Å². The Hall–Kier alpha value is -1.17. The van der Waals surface area contributed by atoms with Gasteiger partial charge in [0.15, 0.2) is 4.77 Å². The van der Waals surface area contributed by atoms with Crippen molar-refractivity contribution in [3.63, 3.8) is 0 Å². The Bertz CT molecular complexity index is 677. The van der Waals surface area contributed by atoms with Crippen molar-refractivity contribution in [3.05, 3.63) is 45.9 Å². The summed E-state index contributed by atoms with van der Waals surface area (Å²) in [7, 11) is 0. The Morgan fingerprint density at radius 2 is 2.14 bits per heavy atom. The van der Waals surface area contributed by atoms with Crippen LogP contribution in [0.25, 0.3) is 0 Å². The molecular weight excluding hydrogens is 306 g/mol. The Labute approximate surface area is 133 Å². The molecule has 1 saturated carbocycles. The van der Waals surface area contributed by atoms with Crippen LogP contribution in [0.5, 0.6) is 0 Å². The number of aliphatic hydroxyl groups is 1. The van der Waals surface area contributed by atoms with E-state index in [1.807, 2.05) is 24.3 Å². The minimum absolute atomic E-state index is 0.136. The lowest BCUT2D eigenvalue weighted by Crippen LogP contribution is -2.39. The maximum atomic E-state index is 11.4. The van der Waals surface area contributed by atoms with Gasteiger partial charge in [0, 0.05) is 5.02 Å². The molecule has 2 atom stereocenters. The lowest BCUT2D eigenvalue weighted by Gasteiger charge is -2.35. The number of aromatic nitrogens is 3. The van der Waals surface area contributed by atoms with Crippen LogP contribution < -0.4 is 0 Å². The standard InChI is InChI=1S/C15H18ClN3OS/c1-10(11-2-3-11)15(20,8-19-14(21)17-9-18-19)12-4-6-13(16)7-5-12/h4-7,9-11,20H,2-3,8H2,1H3,(H,17,18,21). The van der Waals surface area contributed by atoms with Gasteiger partial charge in [-0.3, -0.25) is 0 Å². The molecule has 0 amide bonds. The van der Waals surface area contributed by atoms with E-state index >= 15 is 0 Å². The number of benzene rings is 1. The van der Waals surface area contributed by atoms with Gasteiger partial charge in [0.1, 0.15) is 11.9 Å². The molecule has 2 N–H and O–H groups in total. The quantitative estimate of drug-likeness (QED) is 0.828. The summed E-state index contributed by atoms with van der Waals surface area (Å²) in [5.41, 5.74) is -0.143. The second kappa shape index (κ2) is 5.55. The van der Waals surface area contributed by atoms with Crippen molar-refractivity contribution in [2.24, 2.45) is 11.8 Å². The summed E-state index contributed by atoms with van der Waals surface area (Å²) in [6, 6.07) is 7.39. The van der Waals surface area contributed by atoms with Crippen molar-refractivity contribution in [1.82, 2.24) is 14.8 Å². The van der Waals surface area contributed by atoms with Gasteiger partial charge in [-0.2, -0.15) is 5.10 Å². The first kappa shape index (κ1) is 14.8. The Balaban J connectivity index is 1.99. The lowest BCUT2D eigenvalue weighted by atomic mass is 9.79. The highest BCUT2D eigenvalue weighted by atomic mass is 35.5. The molecule has 0 spiro atoms. The number of nitrogens with zero attached hydrogens (tertiary/aromatic N) is 2. The zero-order valence-electron chi connectivity index (χ0n) is 11.8. The number of hydrogen-bond donors (Lipinski definition) is 2. The van der Waals surface area contributed by atoms with Gasteiger partial charge in [-0.1, -0.05) is 30.7 Å². The summed E-state index contributed by atoms with van der Waals surface area (Å²) in [4.78, 5) is 2.87. The average Bonchev–Trinajstić information content (AvgIpc) is 3.24. The first-order valence-corrected chi connectivity index (χ1v) is 7.88. The number of nitrogens with one attached hydrogen (secondary N) is 1. The Morgan fingerprint density at radius 3 is 2.67 bits per heavy atom. The molecule has 1 aliphatic carbocycles. The third-order valence-corrected chi connectivity index (χ3v) is 5.02. The van der Waals surface area contributed by atoms with Gasteiger partial charge in [0.05, 0.1) is 6.54 Å². The molecule has 1 aromatic carbocycles. The molecule has 4 nitrogen and oxygen atoms in total. The normalized spacial score (nSPS) is 19.2. The minimum atomic E-state index is -1.00. The molecule has 1 fully saturated rings. The van der Waals surface area contributed by atoms with Gasteiger partial charge < -0.3 is 10.1 Å². The summed E-state index contributed by atoms with van der Waals surface area (Å²) in [6.07, 6.45) is 3.89. The van der Waals surface area contributed by atoms with Gasteiger partial charge in [-0.15, -0.1) is 0 Å². The summed E-state index contributed by atoms with van der Waals surface area (Å²) in [5, 5.41) is 16.2.